The Morgan fingerprint density at radius 2 is 2.08 bits per heavy atom. The van der Waals surface area contributed by atoms with Crippen molar-refractivity contribution in [1.82, 2.24) is 15.3 Å². The minimum absolute atomic E-state index is 0.0788. The van der Waals surface area contributed by atoms with Gasteiger partial charge in [0.15, 0.2) is 0 Å². The summed E-state index contributed by atoms with van der Waals surface area (Å²) in [5, 5.41) is 6.33. The fourth-order valence-corrected chi connectivity index (χ4v) is 3.02. The van der Waals surface area contributed by atoms with E-state index >= 15 is 0 Å². The third kappa shape index (κ3) is 5.27. The predicted octanol–water partition coefficient (Wildman–Crippen LogP) is 3.94. The maximum atomic E-state index is 11.9. The number of nitrogens with one attached hydrogen (secondary N) is 1. The van der Waals surface area contributed by atoms with Crippen LogP contribution in [0.5, 0.6) is 5.75 Å². The van der Waals surface area contributed by atoms with Crippen LogP contribution in [-0.2, 0) is 11.3 Å². The second kappa shape index (κ2) is 8.60. The molecule has 1 aromatic carbocycles. The molecule has 25 heavy (non-hydrogen) atoms. The number of ether oxygens (including phenoxy) is 1. The number of thiazole rings is 1. The van der Waals surface area contributed by atoms with E-state index in [0.29, 0.717) is 23.9 Å². The van der Waals surface area contributed by atoms with E-state index in [1.54, 1.807) is 36.7 Å². The number of hydrogen-bond acceptors (Lipinski definition) is 5. The molecular formula is C18H16ClN3O2S. The van der Waals surface area contributed by atoms with Gasteiger partial charge in [-0.2, -0.15) is 0 Å². The van der Waals surface area contributed by atoms with Crippen LogP contribution < -0.4 is 10.1 Å². The normalized spacial score (nSPS) is 10.4. The van der Waals surface area contributed by atoms with E-state index < -0.39 is 0 Å². The van der Waals surface area contributed by atoms with Gasteiger partial charge in [0.25, 0.3) is 0 Å². The number of benzene rings is 1. The smallest absolute Gasteiger partial charge is 0.223 e. The minimum atomic E-state index is -0.0788. The molecule has 1 amide bonds. The van der Waals surface area contributed by atoms with Crippen molar-refractivity contribution in [2.24, 2.45) is 0 Å². The van der Waals surface area contributed by atoms with Gasteiger partial charge in [-0.3, -0.25) is 9.78 Å². The van der Waals surface area contributed by atoms with E-state index in [1.807, 2.05) is 17.5 Å². The van der Waals surface area contributed by atoms with Gasteiger partial charge in [0.1, 0.15) is 10.8 Å². The first-order valence-electron chi connectivity index (χ1n) is 7.70. The molecule has 1 N–H and O–H groups in total. The van der Waals surface area contributed by atoms with Gasteiger partial charge in [-0.1, -0.05) is 11.6 Å². The molecule has 0 fully saturated rings. The third-order valence-corrected chi connectivity index (χ3v) is 4.53. The maximum Gasteiger partial charge on any atom is 0.223 e. The van der Waals surface area contributed by atoms with Gasteiger partial charge in [-0.15, -0.1) is 11.3 Å². The molecule has 0 atom stereocenters. The summed E-state index contributed by atoms with van der Waals surface area (Å²) in [7, 11) is 0. The Morgan fingerprint density at radius 1 is 1.24 bits per heavy atom. The molecule has 0 aliphatic heterocycles. The minimum Gasteiger partial charge on any atom is -0.493 e. The lowest BCUT2D eigenvalue weighted by Gasteiger charge is -2.06. The topological polar surface area (TPSA) is 64.1 Å². The molecule has 2 aromatic heterocycles. The number of carbonyl (C=O) groups is 1. The summed E-state index contributed by atoms with van der Waals surface area (Å²) in [6.45, 7) is 0.710. The molecule has 0 spiro atoms. The van der Waals surface area contributed by atoms with Crippen molar-refractivity contribution in [2.45, 2.75) is 13.0 Å². The van der Waals surface area contributed by atoms with Crippen LogP contribution in [0.1, 0.15) is 12.1 Å². The zero-order valence-corrected chi connectivity index (χ0v) is 14.9. The fraction of sp³-hybridized carbons (Fsp3) is 0.167. The van der Waals surface area contributed by atoms with Gasteiger partial charge >= 0.3 is 0 Å². The van der Waals surface area contributed by atoms with E-state index in [0.717, 1.165) is 16.3 Å². The molecule has 3 rings (SSSR count). The van der Waals surface area contributed by atoms with Crippen LogP contribution in [0.15, 0.2) is 54.2 Å². The number of carbonyl (C=O) groups excluding carboxylic acids is 1. The lowest BCUT2D eigenvalue weighted by molar-refractivity contribution is -0.121. The molecule has 0 saturated heterocycles. The van der Waals surface area contributed by atoms with Gasteiger partial charge < -0.3 is 10.1 Å². The summed E-state index contributed by atoms with van der Waals surface area (Å²) in [4.78, 5) is 20.5. The standard InChI is InChI=1S/C18H16ClN3O2S/c19-14-3-5-16(6-4-14)24-9-7-17(23)21-11-15-12-25-18(22-15)13-2-1-8-20-10-13/h1-6,8,10,12H,7,9,11H2,(H,21,23). The monoisotopic (exact) mass is 373 g/mol. The van der Waals surface area contributed by atoms with Crippen LogP contribution in [0.25, 0.3) is 10.6 Å². The fourth-order valence-electron chi connectivity index (χ4n) is 2.08. The number of amides is 1. The van der Waals surface area contributed by atoms with Crippen LogP contribution in [0.3, 0.4) is 0 Å². The van der Waals surface area contributed by atoms with Crippen molar-refractivity contribution in [3.8, 4) is 16.3 Å². The van der Waals surface area contributed by atoms with Crippen molar-refractivity contribution in [3.05, 3.63) is 64.9 Å². The summed E-state index contributed by atoms with van der Waals surface area (Å²) >= 11 is 7.34. The van der Waals surface area contributed by atoms with Gasteiger partial charge in [0.2, 0.25) is 5.91 Å². The lowest BCUT2D eigenvalue weighted by Crippen LogP contribution is -2.24. The number of halogens is 1. The average molecular weight is 374 g/mol. The van der Waals surface area contributed by atoms with Crippen LogP contribution in [0.4, 0.5) is 0 Å². The van der Waals surface area contributed by atoms with Crippen LogP contribution in [0, 0.1) is 0 Å². The third-order valence-electron chi connectivity index (χ3n) is 3.34. The molecule has 0 saturated carbocycles. The Balaban J connectivity index is 1.42. The SMILES string of the molecule is O=C(CCOc1ccc(Cl)cc1)NCc1csc(-c2cccnc2)n1. The Morgan fingerprint density at radius 3 is 2.84 bits per heavy atom. The van der Waals surface area contributed by atoms with E-state index in [2.05, 4.69) is 15.3 Å². The molecule has 0 radical (unpaired) electrons. The van der Waals surface area contributed by atoms with E-state index in [1.165, 1.54) is 11.3 Å². The average Bonchev–Trinajstić information content (AvgIpc) is 3.11. The van der Waals surface area contributed by atoms with Crippen LogP contribution in [-0.4, -0.2) is 22.5 Å². The number of nitrogens with zero attached hydrogens (tertiary/aromatic N) is 2. The summed E-state index contributed by atoms with van der Waals surface area (Å²) in [5.74, 6) is 0.614. The number of aromatic nitrogens is 2. The Kier molecular flexibility index (Phi) is 5.98. The summed E-state index contributed by atoms with van der Waals surface area (Å²) in [6.07, 6.45) is 3.78. The molecule has 128 valence electrons. The second-order valence-electron chi connectivity index (χ2n) is 5.21. The number of hydrogen-bond donors (Lipinski definition) is 1. The van der Waals surface area contributed by atoms with Gasteiger partial charge in [0, 0.05) is 28.4 Å². The van der Waals surface area contributed by atoms with Crippen molar-refractivity contribution >= 4 is 28.8 Å². The van der Waals surface area contributed by atoms with Crippen LogP contribution >= 0.6 is 22.9 Å². The molecule has 5 nitrogen and oxygen atoms in total. The zero-order chi connectivity index (χ0) is 17.5. The molecule has 0 unspecified atom stereocenters. The molecule has 0 aliphatic rings. The largest absolute Gasteiger partial charge is 0.493 e. The first kappa shape index (κ1) is 17.4. The Labute approximate surface area is 154 Å². The second-order valence-corrected chi connectivity index (χ2v) is 6.51. The van der Waals surface area contributed by atoms with Gasteiger partial charge in [-0.25, -0.2) is 4.98 Å². The summed E-state index contributed by atoms with van der Waals surface area (Å²) in [5.41, 5.74) is 1.80. The predicted molar refractivity (Wildman–Crippen MR) is 98.8 cm³/mol. The highest BCUT2D eigenvalue weighted by Gasteiger charge is 2.07. The molecule has 2 heterocycles. The summed E-state index contributed by atoms with van der Waals surface area (Å²) in [6, 6.07) is 10.9. The number of rotatable bonds is 7. The summed E-state index contributed by atoms with van der Waals surface area (Å²) < 4.78 is 5.51. The van der Waals surface area contributed by atoms with E-state index in [9.17, 15) is 4.79 Å². The Bertz CT molecular complexity index is 822. The number of pyridine rings is 1. The van der Waals surface area contributed by atoms with Gasteiger partial charge in [0.05, 0.1) is 25.3 Å². The highest BCUT2D eigenvalue weighted by Crippen LogP contribution is 2.22. The molecule has 7 heteroatoms. The maximum absolute atomic E-state index is 11.9. The highest BCUT2D eigenvalue weighted by molar-refractivity contribution is 7.13. The molecule has 0 aliphatic carbocycles. The Hall–Kier alpha value is -2.44. The van der Waals surface area contributed by atoms with Crippen molar-refractivity contribution in [3.63, 3.8) is 0 Å². The quantitative estimate of drug-likeness (QED) is 0.681. The highest BCUT2D eigenvalue weighted by atomic mass is 35.5. The zero-order valence-electron chi connectivity index (χ0n) is 13.3. The van der Waals surface area contributed by atoms with Crippen molar-refractivity contribution < 1.29 is 9.53 Å². The lowest BCUT2D eigenvalue weighted by atomic mass is 10.3. The molecule has 3 aromatic rings. The van der Waals surface area contributed by atoms with Crippen LogP contribution in [0.2, 0.25) is 5.02 Å². The first-order valence-corrected chi connectivity index (χ1v) is 8.96. The molecule has 0 bridgehead atoms. The molecular weight excluding hydrogens is 358 g/mol. The van der Waals surface area contributed by atoms with E-state index in [-0.39, 0.29) is 12.3 Å². The first-order chi connectivity index (χ1) is 12.2. The van der Waals surface area contributed by atoms with Gasteiger partial charge in [-0.05, 0) is 36.4 Å². The van der Waals surface area contributed by atoms with E-state index in [4.69, 9.17) is 16.3 Å². The van der Waals surface area contributed by atoms with Crippen molar-refractivity contribution in [2.75, 3.05) is 6.61 Å². The van der Waals surface area contributed by atoms with Crippen molar-refractivity contribution in [1.29, 1.82) is 0 Å².